The predicted molar refractivity (Wildman–Crippen MR) is 86.1 cm³/mol. The summed E-state index contributed by atoms with van der Waals surface area (Å²) in [4.78, 5) is 5.48. The Labute approximate surface area is 125 Å². The van der Waals surface area contributed by atoms with Gasteiger partial charge in [-0.15, -0.1) is 0 Å². The zero-order chi connectivity index (χ0) is 14.9. The van der Waals surface area contributed by atoms with Crippen LogP contribution in [0.3, 0.4) is 0 Å². The second kappa shape index (κ2) is 5.58. The Morgan fingerprint density at radius 2 is 2.05 bits per heavy atom. The molecule has 1 heterocycles. The van der Waals surface area contributed by atoms with Crippen molar-refractivity contribution in [3.63, 3.8) is 0 Å². The molecule has 0 atom stereocenters. The van der Waals surface area contributed by atoms with Crippen molar-refractivity contribution in [2.24, 2.45) is 0 Å². The summed E-state index contributed by atoms with van der Waals surface area (Å²) >= 11 is 5.48. The van der Waals surface area contributed by atoms with E-state index in [2.05, 4.69) is 48.5 Å². The fraction of sp³-hybridized carbons (Fsp3) is 0.533. The molecule has 2 aromatic rings. The molecule has 0 radical (unpaired) electrons. The van der Waals surface area contributed by atoms with Gasteiger partial charge in [0.1, 0.15) is 11.3 Å². The smallest absolute Gasteiger partial charge is 0.178 e. The minimum Gasteiger partial charge on any atom is -0.492 e. The summed E-state index contributed by atoms with van der Waals surface area (Å²) in [5.41, 5.74) is 2.10. The average molecular weight is 293 g/mol. The molecule has 4 nitrogen and oxygen atoms in total. The molecule has 0 unspecified atom stereocenters. The van der Waals surface area contributed by atoms with Crippen LogP contribution < -0.4 is 4.74 Å². The number of fused-ring (bicyclic) bond motifs is 1. The number of imidazole rings is 1. The predicted octanol–water partition coefficient (Wildman–Crippen LogP) is 3.44. The van der Waals surface area contributed by atoms with Gasteiger partial charge in [0.05, 0.1) is 12.1 Å². The number of aromatic amines is 1. The molecule has 20 heavy (non-hydrogen) atoms. The number of hydrogen-bond donors (Lipinski definition) is 1. The highest BCUT2D eigenvalue weighted by molar-refractivity contribution is 7.71. The van der Waals surface area contributed by atoms with Crippen molar-refractivity contribution < 1.29 is 4.74 Å². The fourth-order valence-electron chi connectivity index (χ4n) is 2.12. The van der Waals surface area contributed by atoms with E-state index < -0.39 is 0 Å². The lowest BCUT2D eigenvalue weighted by Gasteiger charge is -2.33. The maximum absolute atomic E-state index is 5.66. The van der Waals surface area contributed by atoms with E-state index in [-0.39, 0.29) is 5.54 Å². The maximum Gasteiger partial charge on any atom is 0.178 e. The molecule has 1 N–H and O–H groups in total. The maximum atomic E-state index is 5.66. The molecule has 0 spiro atoms. The summed E-state index contributed by atoms with van der Waals surface area (Å²) in [5.74, 6) is 0.859. The summed E-state index contributed by atoms with van der Waals surface area (Å²) in [6.07, 6.45) is 0. The third-order valence-electron chi connectivity index (χ3n) is 3.83. The number of nitrogens with zero attached hydrogens (tertiary/aromatic N) is 2. The van der Waals surface area contributed by atoms with E-state index in [0.717, 1.165) is 28.1 Å². The van der Waals surface area contributed by atoms with E-state index in [1.807, 2.05) is 19.1 Å². The molecule has 0 aliphatic rings. The average Bonchev–Trinajstić information content (AvgIpc) is 2.67. The van der Waals surface area contributed by atoms with Gasteiger partial charge in [-0.25, -0.2) is 0 Å². The van der Waals surface area contributed by atoms with Crippen molar-refractivity contribution in [1.82, 2.24) is 14.5 Å². The van der Waals surface area contributed by atoms with Crippen LogP contribution in [-0.4, -0.2) is 40.7 Å². The van der Waals surface area contributed by atoms with Crippen molar-refractivity contribution in [1.29, 1.82) is 0 Å². The molecule has 0 aliphatic heterocycles. The highest BCUT2D eigenvalue weighted by Gasteiger charge is 2.23. The van der Waals surface area contributed by atoms with Gasteiger partial charge >= 0.3 is 0 Å². The van der Waals surface area contributed by atoms with E-state index in [1.54, 1.807) is 0 Å². The summed E-state index contributed by atoms with van der Waals surface area (Å²) in [6, 6.07) is 6.06. The second-order valence-corrected chi connectivity index (χ2v) is 6.19. The molecule has 0 saturated carbocycles. The molecule has 0 amide bonds. The lowest BCUT2D eigenvalue weighted by molar-refractivity contribution is 0.170. The molecule has 1 aromatic carbocycles. The van der Waals surface area contributed by atoms with Gasteiger partial charge in [0.2, 0.25) is 0 Å². The van der Waals surface area contributed by atoms with Gasteiger partial charge < -0.3 is 19.2 Å². The molecule has 2 rings (SSSR count). The first kappa shape index (κ1) is 15.1. The van der Waals surface area contributed by atoms with Crippen LogP contribution in [-0.2, 0) is 6.54 Å². The summed E-state index contributed by atoms with van der Waals surface area (Å²) < 4.78 is 8.55. The van der Waals surface area contributed by atoms with E-state index in [9.17, 15) is 0 Å². The van der Waals surface area contributed by atoms with E-state index in [4.69, 9.17) is 17.0 Å². The number of ether oxygens (including phenoxy) is 1. The number of aromatic nitrogens is 2. The molecule has 110 valence electrons. The molecule has 0 aliphatic carbocycles. The Morgan fingerprint density at radius 3 is 2.65 bits per heavy atom. The molecule has 1 aromatic heterocycles. The third kappa shape index (κ3) is 2.74. The van der Waals surface area contributed by atoms with Crippen LogP contribution >= 0.6 is 12.2 Å². The third-order valence-corrected chi connectivity index (χ3v) is 4.15. The minimum absolute atomic E-state index is 0.0228. The number of benzene rings is 1. The van der Waals surface area contributed by atoms with Gasteiger partial charge in [0.15, 0.2) is 4.77 Å². The van der Waals surface area contributed by atoms with Gasteiger partial charge in [-0.3, -0.25) is 0 Å². The lowest BCUT2D eigenvalue weighted by atomic mass is 10.0. The van der Waals surface area contributed by atoms with Gasteiger partial charge in [-0.05, 0) is 59.2 Å². The fourth-order valence-corrected chi connectivity index (χ4v) is 2.38. The summed E-state index contributed by atoms with van der Waals surface area (Å²) in [5, 5.41) is 0. The number of H-pyrrole nitrogens is 1. The number of para-hydroxylation sites is 1. The van der Waals surface area contributed by atoms with E-state index in [0.29, 0.717) is 6.61 Å². The summed E-state index contributed by atoms with van der Waals surface area (Å²) in [6.45, 7) is 7.88. The number of rotatable bonds is 5. The standard InChI is InChI=1S/C15H23N3OS/c1-6-19-12-9-7-8-11-13(12)16-14(20)18(11)10-15(2,3)17(4)5/h7-9H,6,10H2,1-5H3,(H,16,20). The van der Waals surface area contributed by atoms with Gasteiger partial charge in [-0.2, -0.15) is 0 Å². The van der Waals surface area contributed by atoms with E-state index >= 15 is 0 Å². The topological polar surface area (TPSA) is 33.2 Å². The van der Waals surface area contributed by atoms with Crippen LogP contribution in [0.15, 0.2) is 18.2 Å². The van der Waals surface area contributed by atoms with Crippen LogP contribution in [0.2, 0.25) is 0 Å². The first-order valence-corrected chi connectivity index (χ1v) is 7.29. The lowest BCUT2D eigenvalue weighted by Crippen LogP contribution is -2.42. The van der Waals surface area contributed by atoms with Crippen molar-refractivity contribution >= 4 is 23.3 Å². The van der Waals surface area contributed by atoms with Crippen LogP contribution in [0.5, 0.6) is 5.75 Å². The Hall–Kier alpha value is -1.33. The highest BCUT2D eigenvalue weighted by atomic mass is 32.1. The quantitative estimate of drug-likeness (QED) is 0.857. The Balaban J connectivity index is 2.52. The summed E-state index contributed by atoms with van der Waals surface area (Å²) in [7, 11) is 4.17. The van der Waals surface area contributed by atoms with Gasteiger partial charge in [0.25, 0.3) is 0 Å². The van der Waals surface area contributed by atoms with Gasteiger partial charge in [0, 0.05) is 12.1 Å². The number of hydrogen-bond acceptors (Lipinski definition) is 3. The second-order valence-electron chi connectivity index (χ2n) is 5.81. The zero-order valence-corrected chi connectivity index (χ0v) is 13.7. The first-order valence-electron chi connectivity index (χ1n) is 6.88. The molecule has 5 heteroatoms. The van der Waals surface area contributed by atoms with Crippen LogP contribution in [0, 0.1) is 4.77 Å². The van der Waals surface area contributed by atoms with E-state index in [1.165, 1.54) is 0 Å². The van der Waals surface area contributed by atoms with Crippen LogP contribution in [0.4, 0.5) is 0 Å². The molecular formula is C15H23N3OS. The van der Waals surface area contributed by atoms with Crippen molar-refractivity contribution in [2.75, 3.05) is 20.7 Å². The monoisotopic (exact) mass is 293 g/mol. The van der Waals surface area contributed by atoms with Crippen molar-refractivity contribution in [3.8, 4) is 5.75 Å². The molecule has 0 bridgehead atoms. The van der Waals surface area contributed by atoms with Crippen molar-refractivity contribution in [3.05, 3.63) is 23.0 Å². The Bertz CT molecular complexity index is 655. The Morgan fingerprint density at radius 1 is 1.35 bits per heavy atom. The zero-order valence-electron chi connectivity index (χ0n) is 12.9. The van der Waals surface area contributed by atoms with Crippen LogP contribution in [0.1, 0.15) is 20.8 Å². The normalized spacial score (nSPS) is 12.3. The first-order chi connectivity index (χ1) is 9.36. The SMILES string of the molecule is CCOc1cccc2c1[nH]c(=S)n2CC(C)(C)N(C)C. The molecular weight excluding hydrogens is 270 g/mol. The molecule has 0 saturated heterocycles. The van der Waals surface area contributed by atoms with Crippen molar-refractivity contribution in [2.45, 2.75) is 32.9 Å². The number of nitrogens with one attached hydrogen (secondary N) is 1. The Kier molecular flexibility index (Phi) is 4.20. The van der Waals surface area contributed by atoms with Gasteiger partial charge in [-0.1, -0.05) is 6.07 Å². The number of likely N-dealkylation sites (N-methyl/N-ethyl adjacent to an activating group) is 1. The van der Waals surface area contributed by atoms with Crippen LogP contribution in [0.25, 0.3) is 11.0 Å². The largest absolute Gasteiger partial charge is 0.492 e. The highest BCUT2D eigenvalue weighted by Crippen LogP contribution is 2.26. The molecule has 0 fully saturated rings. The minimum atomic E-state index is 0.0228.